The molecule has 1 amide bonds. The Morgan fingerprint density at radius 2 is 2.18 bits per heavy atom. The van der Waals surface area contributed by atoms with Crippen molar-refractivity contribution >= 4 is 63.1 Å². The number of thiocarbonyl (C=S) groups is 1. The van der Waals surface area contributed by atoms with Crippen molar-refractivity contribution in [2.45, 2.75) is 5.37 Å². The molecule has 1 fully saturated rings. The Morgan fingerprint density at radius 1 is 1.41 bits per heavy atom. The van der Waals surface area contributed by atoms with E-state index in [0.717, 1.165) is 11.8 Å². The Bertz CT molecular complexity index is 521. The number of hydrogen-bond acceptors (Lipinski definition) is 5. The van der Waals surface area contributed by atoms with Gasteiger partial charge in [-0.25, -0.2) is 0 Å². The summed E-state index contributed by atoms with van der Waals surface area (Å²) in [6.45, 7) is 0. The van der Waals surface area contributed by atoms with Crippen LogP contribution in [-0.4, -0.2) is 15.6 Å². The second kappa shape index (κ2) is 5.30. The molecule has 1 aliphatic heterocycles. The lowest BCUT2D eigenvalue weighted by Gasteiger charge is -1.99. The Kier molecular flexibility index (Phi) is 3.98. The van der Waals surface area contributed by atoms with Crippen LogP contribution in [0.2, 0.25) is 10.0 Å². The second-order valence-corrected chi connectivity index (χ2v) is 5.66. The quantitative estimate of drug-likeness (QED) is 0.671. The smallest absolute Gasteiger partial charge is 0.262 e. The summed E-state index contributed by atoms with van der Waals surface area (Å²) in [6.07, 6.45) is 0. The number of rotatable bonds is 2. The molecule has 1 N–H and O–H groups in total. The van der Waals surface area contributed by atoms with Gasteiger partial charge in [0.05, 0.1) is 5.02 Å². The van der Waals surface area contributed by atoms with Gasteiger partial charge in [0.1, 0.15) is 10.0 Å². The van der Waals surface area contributed by atoms with Crippen molar-refractivity contribution in [1.82, 2.24) is 5.32 Å². The van der Waals surface area contributed by atoms with Gasteiger partial charge in [-0.05, 0) is 18.2 Å². The molecule has 1 saturated heterocycles. The highest BCUT2D eigenvalue weighted by Gasteiger charge is 2.28. The lowest BCUT2D eigenvalue weighted by atomic mass is 10.3. The van der Waals surface area contributed by atoms with Crippen molar-refractivity contribution in [2.75, 3.05) is 0 Å². The first-order valence-corrected chi connectivity index (χ1v) is 6.48. The van der Waals surface area contributed by atoms with Crippen molar-refractivity contribution in [3.63, 3.8) is 0 Å². The number of halogens is 2. The molecule has 1 atom stereocenters. The Morgan fingerprint density at radius 3 is 2.76 bits per heavy atom. The topological polar surface area (TPSA) is 53.8 Å². The van der Waals surface area contributed by atoms with Crippen LogP contribution in [0.5, 0.6) is 0 Å². The third-order valence-electron chi connectivity index (χ3n) is 1.85. The van der Waals surface area contributed by atoms with Crippen molar-refractivity contribution in [2.24, 2.45) is 10.2 Å². The van der Waals surface area contributed by atoms with E-state index in [1.807, 2.05) is 0 Å². The molecule has 1 aromatic carbocycles. The molecule has 0 bridgehead atoms. The van der Waals surface area contributed by atoms with Gasteiger partial charge in [-0.2, -0.15) is 10.2 Å². The number of hydrogen-bond donors (Lipinski definition) is 1. The standard InChI is InChI=1S/C9H5Cl2N3OS2/c10-4-1-2-6(5(11)3-4)13-14-8-7(15)12-9(16)17-8/h1-3,8H,(H,12,15,16). The zero-order chi connectivity index (χ0) is 12.4. The molecule has 0 saturated carbocycles. The maximum atomic E-state index is 11.3. The molecule has 0 aromatic heterocycles. The average molecular weight is 306 g/mol. The van der Waals surface area contributed by atoms with E-state index < -0.39 is 5.37 Å². The van der Waals surface area contributed by atoms with Gasteiger partial charge in [0.2, 0.25) is 5.37 Å². The van der Waals surface area contributed by atoms with Crippen LogP contribution in [0.4, 0.5) is 5.69 Å². The Hall–Kier alpha value is -0.690. The number of nitrogens with zero attached hydrogens (tertiary/aromatic N) is 2. The fourth-order valence-corrected chi connectivity index (χ4v) is 2.54. The van der Waals surface area contributed by atoms with E-state index in [9.17, 15) is 4.79 Å². The highest BCUT2D eigenvalue weighted by Crippen LogP contribution is 2.29. The van der Waals surface area contributed by atoms with Crippen molar-refractivity contribution in [1.29, 1.82) is 0 Å². The molecule has 17 heavy (non-hydrogen) atoms. The lowest BCUT2D eigenvalue weighted by Crippen LogP contribution is -2.22. The maximum absolute atomic E-state index is 11.3. The molecular formula is C9H5Cl2N3OS2. The van der Waals surface area contributed by atoms with Gasteiger partial charge in [0.25, 0.3) is 5.91 Å². The molecule has 1 aromatic rings. The third-order valence-corrected chi connectivity index (χ3v) is 3.62. The monoisotopic (exact) mass is 305 g/mol. The predicted octanol–water partition coefficient (Wildman–Crippen LogP) is 3.55. The van der Waals surface area contributed by atoms with Crippen molar-refractivity contribution < 1.29 is 4.79 Å². The Labute approximate surface area is 117 Å². The van der Waals surface area contributed by atoms with E-state index in [1.54, 1.807) is 18.2 Å². The van der Waals surface area contributed by atoms with Crippen LogP contribution in [-0.2, 0) is 4.79 Å². The summed E-state index contributed by atoms with van der Waals surface area (Å²) in [5.74, 6) is -0.270. The fourth-order valence-electron chi connectivity index (χ4n) is 1.10. The number of nitrogens with one attached hydrogen (secondary N) is 1. The summed E-state index contributed by atoms with van der Waals surface area (Å²) in [5, 5.41) is 10.5. The minimum absolute atomic E-state index is 0.270. The summed E-state index contributed by atoms with van der Waals surface area (Å²) < 4.78 is 0.404. The van der Waals surface area contributed by atoms with Crippen LogP contribution in [0.1, 0.15) is 0 Å². The molecule has 0 aliphatic carbocycles. The molecule has 0 spiro atoms. The number of benzene rings is 1. The van der Waals surface area contributed by atoms with Gasteiger partial charge in [-0.15, -0.1) is 0 Å². The highest BCUT2D eigenvalue weighted by molar-refractivity contribution is 8.24. The van der Waals surface area contributed by atoms with Gasteiger partial charge in [0, 0.05) is 5.02 Å². The highest BCUT2D eigenvalue weighted by atomic mass is 35.5. The molecule has 1 unspecified atom stereocenters. The largest absolute Gasteiger partial charge is 0.309 e. The van der Waals surface area contributed by atoms with Crippen LogP contribution in [0.3, 0.4) is 0 Å². The van der Waals surface area contributed by atoms with Gasteiger partial charge in [-0.1, -0.05) is 47.2 Å². The molecule has 2 rings (SSSR count). The van der Waals surface area contributed by atoms with Crippen molar-refractivity contribution in [3.05, 3.63) is 28.2 Å². The van der Waals surface area contributed by atoms with E-state index >= 15 is 0 Å². The number of carbonyl (C=O) groups excluding carboxylic acids is 1. The van der Waals surface area contributed by atoms with Crippen LogP contribution in [0.15, 0.2) is 28.4 Å². The average Bonchev–Trinajstić information content (AvgIpc) is 2.56. The zero-order valence-electron chi connectivity index (χ0n) is 8.18. The van der Waals surface area contributed by atoms with E-state index in [1.165, 1.54) is 0 Å². The van der Waals surface area contributed by atoms with Crippen LogP contribution < -0.4 is 5.32 Å². The molecule has 8 heteroatoms. The van der Waals surface area contributed by atoms with Crippen LogP contribution in [0.25, 0.3) is 0 Å². The predicted molar refractivity (Wildman–Crippen MR) is 73.1 cm³/mol. The lowest BCUT2D eigenvalue weighted by molar-refractivity contribution is -0.118. The van der Waals surface area contributed by atoms with Crippen LogP contribution >= 0.6 is 47.2 Å². The summed E-state index contributed by atoms with van der Waals surface area (Å²) >= 11 is 17.6. The first-order chi connectivity index (χ1) is 8.06. The first-order valence-electron chi connectivity index (χ1n) is 4.43. The van der Waals surface area contributed by atoms with Gasteiger partial charge < -0.3 is 5.32 Å². The number of amides is 1. The van der Waals surface area contributed by atoms with E-state index in [0.29, 0.717) is 20.1 Å². The number of thioether (sulfide) groups is 1. The minimum atomic E-state index is -0.644. The van der Waals surface area contributed by atoms with Crippen LogP contribution in [0, 0.1) is 0 Å². The van der Waals surface area contributed by atoms with E-state index in [4.69, 9.17) is 35.4 Å². The minimum Gasteiger partial charge on any atom is -0.309 e. The third kappa shape index (κ3) is 3.16. The fraction of sp³-hybridized carbons (Fsp3) is 0.111. The molecular weight excluding hydrogens is 301 g/mol. The Balaban J connectivity index is 2.15. The summed E-state index contributed by atoms with van der Waals surface area (Å²) in [5.41, 5.74) is 0.460. The molecule has 1 aliphatic rings. The maximum Gasteiger partial charge on any atom is 0.262 e. The van der Waals surface area contributed by atoms with Gasteiger partial charge in [-0.3, -0.25) is 4.79 Å². The second-order valence-electron chi connectivity index (χ2n) is 3.06. The zero-order valence-corrected chi connectivity index (χ0v) is 11.3. The van der Waals surface area contributed by atoms with Gasteiger partial charge in [0.15, 0.2) is 0 Å². The summed E-state index contributed by atoms with van der Waals surface area (Å²) in [7, 11) is 0. The summed E-state index contributed by atoms with van der Waals surface area (Å²) in [4.78, 5) is 11.3. The van der Waals surface area contributed by atoms with E-state index in [2.05, 4.69) is 15.5 Å². The van der Waals surface area contributed by atoms with E-state index in [-0.39, 0.29) is 5.91 Å². The first kappa shape index (κ1) is 12.8. The molecule has 1 heterocycles. The summed E-state index contributed by atoms with van der Waals surface area (Å²) in [6, 6.07) is 4.84. The van der Waals surface area contributed by atoms with Gasteiger partial charge >= 0.3 is 0 Å². The number of azo groups is 1. The van der Waals surface area contributed by atoms with Crippen molar-refractivity contribution in [3.8, 4) is 0 Å². The SMILES string of the molecule is O=C1NC(=S)SC1N=Nc1ccc(Cl)cc1Cl. The molecule has 88 valence electrons. The normalized spacial score (nSPS) is 20.0. The molecule has 4 nitrogen and oxygen atoms in total. The molecule has 0 radical (unpaired) electrons. The number of carbonyl (C=O) groups is 1.